The van der Waals surface area contributed by atoms with Crippen LogP contribution in [0.4, 0.5) is 0 Å². The summed E-state index contributed by atoms with van der Waals surface area (Å²) >= 11 is 0. The van der Waals surface area contributed by atoms with Gasteiger partial charge >= 0.3 is 0 Å². The topological polar surface area (TPSA) is 335 Å². The molecule has 86 heavy (non-hydrogen) atoms. The zero-order valence-electron chi connectivity index (χ0n) is 55.5. The number of unbranched alkanes of at least 4 members (excludes halogenated alkanes) is 4. The predicted molar refractivity (Wildman–Crippen MR) is 335 cm³/mol. The summed E-state index contributed by atoms with van der Waals surface area (Å²) in [5.74, 6) is -6.03. The molecule has 0 aliphatic carbocycles. The number of nitrogens with one attached hydrogen (secondary N) is 10. The number of carbonyl (C=O) groups excluding carboxylic acids is 10. The molecule has 0 unspecified atom stereocenters. The fourth-order valence-corrected chi connectivity index (χ4v) is 10.4. The molecule has 1 heterocycles. The number of carbonyl (C=O) groups is 10. The van der Waals surface area contributed by atoms with E-state index in [0.29, 0.717) is 51.7 Å². The minimum Gasteiger partial charge on any atom is -0.395 e. The minimum absolute atomic E-state index is 0.00750. The molecule has 23 heteroatoms. The number of aliphatic hydroxyl groups is 2. The molecular formula is C63H117N11O12. The van der Waals surface area contributed by atoms with Crippen LogP contribution in [0, 0.1) is 23.7 Å². The summed E-state index contributed by atoms with van der Waals surface area (Å²) in [5.41, 5.74) is -4.94. The maximum Gasteiger partial charge on any atom is 0.246 e. The lowest BCUT2D eigenvalue weighted by Gasteiger charge is -2.35. The number of likely N-dealkylation sites (tertiary alicyclic amines) is 1. The fraction of sp³-hybridized carbons (Fsp3) is 0.841. The van der Waals surface area contributed by atoms with Crippen LogP contribution in [0.25, 0.3) is 0 Å². The van der Waals surface area contributed by atoms with Gasteiger partial charge in [0.25, 0.3) is 0 Å². The Morgan fingerprint density at radius 2 is 1.05 bits per heavy atom. The Balaban J connectivity index is 3.40. The summed E-state index contributed by atoms with van der Waals surface area (Å²) < 4.78 is 0. The van der Waals surface area contributed by atoms with E-state index in [0.717, 1.165) is 44.9 Å². The number of aliphatic hydroxyl groups excluding tert-OH is 2. The quantitative estimate of drug-likeness (QED) is 0.0384. The molecular weight excluding hydrogens is 1100 g/mol. The fourth-order valence-electron chi connectivity index (χ4n) is 10.4. The highest BCUT2D eigenvalue weighted by atomic mass is 16.3. The second-order valence-corrected chi connectivity index (χ2v) is 26.7. The van der Waals surface area contributed by atoms with E-state index in [2.05, 4.69) is 60.1 Å². The predicted octanol–water partition coefficient (Wildman–Crippen LogP) is 4.05. The van der Waals surface area contributed by atoms with Gasteiger partial charge < -0.3 is 68.3 Å². The molecule has 1 fully saturated rings. The lowest BCUT2D eigenvalue weighted by Crippen LogP contribution is -2.66. The smallest absolute Gasteiger partial charge is 0.246 e. The van der Waals surface area contributed by atoms with Crippen molar-refractivity contribution in [2.45, 2.75) is 285 Å². The van der Waals surface area contributed by atoms with Gasteiger partial charge in [0.2, 0.25) is 59.1 Å². The van der Waals surface area contributed by atoms with E-state index in [9.17, 15) is 53.1 Å². The average molecular weight is 1220 g/mol. The minimum atomic E-state index is -1.68. The molecule has 12 N–H and O–H groups in total. The van der Waals surface area contributed by atoms with Crippen LogP contribution in [0.15, 0.2) is 0 Å². The van der Waals surface area contributed by atoms with Gasteiger partial charge in [-0.15, -0.1) is 0 Å². The second kappa shape index (κ2) is 39.5. The summed E-state index contributed by atoms with van der Waals surface area (Å²) in [4.78, 5) is 140. The van der Waals surface area contributed by atoms with Crippen LogP contribution in [0.2, 0.25) is 0 Å². The highest BCUT2D eigenvalue weighted by molar-refractivity contribution is 6.00. The third kappa shape index (κ3) is 30.0. The molecule has 1 saturated heterocycles. The Kier molecular flexibility index (Phi) is 36.1. The van der Waals surface area contributed by atoms with Crippen LogP contribution in [-0.2, 0) is 47.9 Å². The molecule has 0 aromatic carbocycles. The zero-order chi connectivity index (χ0) is 65.5. The van der Waals surface area contributed by atoms with E-state index in [-0.39, 0.29) is 93.2 Å². The molecule has 496 valence electrons. The van der Waals surface area contributed by atoms with Crippen LogP contribution in [0.3, 0.4) is 0 Å². The van der Waals surface area contributed by atoms with Gasteiger partial charge in [-0.1, -0.05) is 107 Å². The van der Waals surface area contributed by atoms with Crippen molar-refractivity contribution in [2.24, 2.45) is 23.7 Å². The van der Waals surface area contributed by atoms with Crippen LogP contribution in [0.5, 0.6) is 0 Å². The Labute approximate surface area is 515 Å². The van der Waals surface area contributed by atoms with Crippen LogP contribution < -0.4 is 53.2 Å². The molecule has 1 rings (SSSR count). The number of nitrogens with zero attached hydrogens (tertiary/aromatic N) is 1. The van der Waals surface area contributed by atoms with Gasteiger partial charge in [-0.05, 0) is 130 Å². The van der Waals surface area contributed by atoms with E-state index in [1.54, 1.807) is 4.90 Å². The van der Waals surface area contributed by atoms with Crippen molar-refractivity contribution in [1.82, 2.24) is 58.1 Å². The molecule has 9 atom stereocenters. The van der Waals surface area contributed by atoms with Crippen molar-refractivity contribution in [3.8, 4) is 0 Å². The third-order valence-electron chi connectivity index (χ3n) is 15.5. The van der Waals surface area contributed by atoms with Gasteiger partial charge in [-0.2, -0.15) is 0 Å². The Bertz CT molecular complexity index is 2160. The largest absolute Gasteiger partial charge is 0.395 e. The van der Waals surface area contributed by atoms with Gasteiger partial charge in [-0.25, -0.2) is 0 Å². The van der Waals surface area contributed by atoms with Crippen LogP contribution >= 0.6 is 0 Å². The summed E-state index contributed by atoms with van der Waals surface area (Å²) in [5, 5.41) is 48.0. The first kappa shape index (κ1) is 78.6. The number of hydrogen-bond donors (Lipinski definition) is 12. The number of amides is 10. The van der Waals surface area contributed by atoms with E-state index in [4.69, 9.17) is 5.11 Å². The normalized spacial score (nSPS) is 16.6. The average Bonchev–Trinajstić information content (AvgIpc) is 2.30. The van der Waals surface area contributed by atoms with Crippen molar-refractivity contribution in [1.29, 1.82) is 0 Å². The van der Waals surface area contributed by atoms with Gasteiger partial charge in [0.1, 0.15) is 46.8 Å². The summed E-state index contributed by atoms with van der Waals surface area (Å²) in [6, 6.07) is -5.49. The molecule has 1 aliphatic heterocycles. The monoisotopic (exact) mass is 1220 g/mol. The van der Waals surface area contributed by atoms with E-state index in [1.165, 1.54) is 41.5 Å². The lowest BCUT2D eigenvalue weighted by atomic mass is 9.92. The highest BCUT2D eigenvalue weighted by Gasteiger charge is 2.42. The third-order valence-corrected chi connectivity index (χ3v) is 15.5. The van der Waals surface area contributed by atoms with Crippen molar-refractivity contribution in [3.63, 3.8) is 0 Å². The molecule has 0 aromatic heterocycles. The van der Waals surface area contributed by atoms with E-state index >= 15 is 0 Å². The van der Waals surface area contributed by atoms with Gasteiger partial charge in [0, 0.05) is 45.1 Å². The van der Waals surface area contributed by atoms with Gasteiger partial charge in [0.05, 0.1) is 12.7 Å². The van der Waals surface area contributed by atoms with Crippen LogP contribution in [-0.4, -0.2) is 166 Å². The Morgan fingerprint density at radius 3 is 1.59 bits per heavy atom. The lowest BCUT2D eigenvalue weighted by molar-refractivity contribution is -0.141. The van der Waals surface area contributed by atoms with E-state index < -0.39 is 100 Å². The SMILES string of the molecule is CCCCCC[C@@H](C)C[C@H](NC(=O)C(C)(C)NC(=O)C(C)(C)NC(=O)[C@H](C[C@H](C)C[C@H](O)CCCC)NC(=O)[C@@H]1CCCN1C(=O)CCC)C(=O)N[C@@H](CC(C)C)C(=O)NC(C)(C)C(=O)N[C@@H](CC(C)C)C(=O)NCCC(=O)N[C@@H](C)CNCCO. The molecule has 23 nitrogen and oxygen atoms in total. The molecule has 0 radical (unpaired) electrons. The first-order valence-corrected chi connectivity index (χ1v) is 32.2. The first-order chi connectivity index (χ1) is 40.1. The molecule has 10 amide bonds. The molecule has 0 saturated carbocycles. The van der Waals surface area contributed by atoms with Gasteiger partial charge in [-0.3, -0.25) is 47.9 Å². The Hall–Kier alpha value is -5.42. The van der Waals surface area contributed by atoms with Crippen molar-refractivity contribution in [2.75, 3.05) is 32.8 Å². The highest BCUT2D eigenvalue weighted by Crippen LogP contribution is 2.23. The summed E-state index contributed by atoms with van der Waals surface area (Å²) in [6.45, 7) is 29.2. The Morgan fingerprint density at radius 1 is 0.523 bits per heavy atom. The van der Waals surface area contributed by atoms with Crippen LogP contribution in [0.1, 0.15) is 226 Å². The molecule has 0 spiro atoms. The van der Waals surface area contributed by atoms with Crippen molar-refractivity contribution >= 4 is 59.1 Å². The van der Waals surface area contributed by atoms with Crippen molar-refractivity contribution < 1.29 is 58.2 Å². The number of hydrogen-bond acceptors (Lipinski definition) is 13. The molecule has 0 bridgehead atoms. The van der Waals surface area contributed by atoms with E-state index in [1.807, 2.05) is 62.3 Å². The standard InChI is InChI=1S/C63H117N11O12/c1-17-20-22-23-26-42(8)37-48(54(80)67-47(35-41(6)7)55(81)71-61(11,12)58(84)69-46(34-40(4)5)53(79)65-30-29-51(77)66-44(10)39-64-31-33-75)70-59(85)62(13,14)73-60(86)63(15,16)72-56(82)49(38-43(9)36-45(76)27-21-18-2)68-57(83)50-28-24-32-74(50)52(78)25-19-3/h40-50,64,75-76H,17-39H2,1-16H3,(H,65,79)(H,66,77)(H,67,80)(H,68,83)(H,69,84)(H,70,85)(H,71,81)(H,72,82)(H,73,86)/t42-,43-,44+,45-,46+,47+,48+,49+,50+/m1/s1. The molecule has 0 aromatic rings. The second-order valence-electron chi connectivity index (χ2n) is 26.7. The first-order valence-electron chi connectivity index (χ1n) is 32.2. The summed E-state index contributed by atoms with van der Waals surface area (Å²) in [7, 11) is 0. The molecule has 1 aliphatic rings. The number of rotatable bonds is 43. The van der Waals surface area contributed by atoms with Crippen molar-refractivity contribution in [3.05, 3.63) is 0 Å². The maximum atomic E-state index is 14.6. The zero-order valence-corrected chi connectivity index (χ0v) is 55.5. The summed E-state index contributed by atoms with van der Waals surface area (Å²) in [6.07, 6.45) is 9.42. The maximum absolute atomic E-state index is 14.6. The van der Waals surface area contributed by atoms with Gasteiger partial charge in [0.15, 0.2) is 0 Å².